The number of para-hydroxylation sites is 1. The van der Waals surface area contributed by atoms with Gasteiger partial charge in [-0.1, -0.05) is 12.1 Å². The maximum absolute atomic E-state index is 13.3. The van der Waals surface area contributed by atoms with E-state index in [0.717, 1.165) is 0 Å². The van der Waals surface area contributed by atoms with Crippen LogP contribution < -0.4 is 11.1 Å². The van der Waals surface area contributed by atoms with Gasteiger partial charge in [-0.3, -0.25) is 4.79 Å². The lowest BCUT2D eigenvalue weighted by Crippen LogP contribution is -2.56. The summed E-state index contributed by atoms with van der Waals surface area (Å²) in [4.78, 5) is 11.9. The van der Waals surface area contributed by atoms with E-state index in [0.29, 0.717) is 13.2 Å². The number of benzene rings is 1. The standard InChI is InChI=1S/C11H13FN2O2/c12-8-3-1-2-4-9(8)14-10(15)11(5-13)6-16-7-11/h1-4H,5-7,13H2,(H,14,15). The fourth-order valence-corrected chi connectivity index (χ4v) is 1.51. The van der Waals surface area contributed by atoms with Gasteiger partial charge in [-0.25, -0.2) is 4.39 Å². The van der Waals surface area contributed by atoms with Gasteiger partial charge < -0.3 is 15.8 Å². The number of hydrogen-bond acceptors (Lipinski definition) is 3. The molecule has 1 aromatic carbocycles. The smallest absolute Gasteiger partial charge is 0.236 e. The van der Waals surface area contributed by atoms with Crippen LogP contribution in [0.2, 0.25) is 0 Å². The van der Waals surface area contributed by atoms with Crippen molar-refractivity contribution in [3.63, 3.8) is 0 Å². The number of rotatable bonds is 3. The third-order valence-electron chi connectivity index (χ3n) is 2.75. The van der Waals surface area contributed by atoms with Gasteiger partial charge in [0, 0.05) is 6.54 Å². The summed E-state index contributed by atoms with van der Waals surface area (Å²) < 4.78 is 18.3. The van der Waals surface area contributed by atoms with Crippen molar-refractivity contribution in [3.05, 3.63) is 30.1 Å². The van der Waals surface area contributed by atoms with Crippen molar-refractivity contribution in [2.75, 3.05) is 25.1 Å². The quantitative estimate of drug-likeness (QED) is 0.795. The molecular weight excluding hydrogens is 211 g/mol. The average molecular weight is 224 g/mol. The van der Waals surface area contributed by atoms with Crippen LogP contribution in [0.25, 0.3) is 0 Å². The first-order valence-corrected chi connectivity index (χ1v) is 5.02. The zero-order chi connectivity index (χ0) is 11.6. The van der Waals surface area contributed by atoms with Crippen molar-refractivity contribution >= 4 is 11.6 Å². The molecule has 0 atom stereocenters. The van der Waals surface area contributed by atoms with E-state index < -0.39 is 11.2 Å². The summed E-state index contributed by atoms with van der Waals surface area (Å²) >= 11 is 0. The molecule has 4 nitrogen and oxygen atoms in total. The van der Waals surface area contributed by atoms with Gasteiger partial charge in [0.25, 0.3) is 0 Å². The Hall–Kier alpha value is -1.46. The molecule has 0 aliphatic carbocycles. The van der Waals surface area contributed by atoms with Gasteiger partial charge in [0.15, 0.2) is 0 Å². The number of carbonyl (C=O) groups is 1. The number of hydrogen-bond donors (Lipinski definition) is 2. The molecule has 0 unspecified atom stereocenters. The number of anilines is 1. The first kappa shape index (κ1) is 11.0. The van der Waals surface area contributed by atoms with Crippen LogP contribution in [0.5, 0.6) is 0 Å². The SMILES string of the molecule is NCC1(C(=O)Nc2ccccc2F)COC1. The lowest BCUT2D eigenvalue weighted by molar-refractivity contribution is -0.153. The van der Waals surface area contributed by atoms with Crippen molar-refractivity contribution in [3.8, 4) is 0 Å². The Bertz CT molecular complexity index is 399. The third-order valence-corrected chi connectivity index (χ3v) is 2.75. The Morgan fingerprint density at radius 3 is 2.69 bits per heavy atom. The fourth-order valence-electron chi connectivity index (χ4n) is 1.51. The summed E-state index contributed by atoms with van der Waals surface area (Å²) in [5, 5.41) is 2.53. The topological polar surface area (TPSA) is 64.4 Å². The van der Waals surface area contributed by atoms with Crippen LogP contribution in [0, 0.1) is 11.2 Å². The minimum atomic E-state index is -0.692. The molecule has 1 aliphatic heterocycles. The van der Waals surface area contributed by atoms with Crippen LogP contribution in [0.3, 0.4) is 0 Å². The summed E-state index contributed by atoms with van der Waals surface area (Å²) in [6.45, 7) is 0.793. The van der Waals surface area contributed by atoms with Crippen molar-refractivity contribution in [2.24, 2.45) is 11.1 Å². The molecule has 1 heterocycles. The van der Waals surface area contributed by atoms with Gasteiger partial charge in [0.2, 0.25) is 5.91 Å². The minimum Gasteiger partial charge on any atom is -0.379 e. The van der Waals surface area contributed by atoms with E-state index >= 15 is 0 Å². The number of carbonyl (C=O) groups excluding carboxylic acids is 1. The number of halogens is 1. The zero-order valence-electron chi connectivity index (χ0n) is 8.70. The Morgan fingerprint density at radius 2 is 2.19 bits per heavy atom. The fraction of sp³-hybridized carbons (Fsp3) is 0.364. The molecular formula is C11H13FN2O2. The summed E-state index contributed by atoms with van der Waals surface area (Å²) in [6.07, 6.45) is 0. The zero-order valence-corrected chi connectivity index (χ0v) is 8.70. The Labute approximate surface area is 92.6 Å². The van der Waals surface area contributed by atoms with Crippen molar-refractivity contribution in [1.82, 2.24) is 0 Å². The monoisotopic (exact) mass is 224 g/mol. The van der Waals surface area contributed by atoms with Crippen LogP contribution in [0.4, 0.5) is 10.1 Å². The lowest BCUT2D eigenvalue weighted by Gasteiger charge is -2.38. The second-order valence-corrected chi connectivity index (χ2v) is 3.91. The molecule has 2 rings (SSSR count). The summed E-state index contributed by atoms with van der Waals surface area (Å²) in [5.74, 6) is -0.741. The van der Waals surface area contributed by atoms with Gasteiger partial charge >= 0.3 is 0 Å². The molecule has 1 amide bonds. The van der Waals surface area contributed by atoms with Crippen LogP contribution in [-0.2, 0) is 9.53 Å². The molecule has 1 aromatic rings. The van der Waals surface area contributed by atoms with Gasteiger partial charge in [-0.2, -0.15) is 0 Å². The molecule has 0 aromatic heterocycles. The van der Waals surface area contributed by atoms with Crippen LogP contribution in [0.15, 0.2) is 24.3 Å². The van der Waals surface area contributed by atoms with E-state index in [-0.39, 0.29) is 18.1 Å². The number of amides is 1. The van der Waals surface area contributed by atoms with E-state index in [2.05, 4.69) is 5.32 Å². The normalized spacial score (nSPS) is 17.6. The second-order valence-electron chi connectivity index (χ2n) is 3.91. The first-order chi connectivity index (χ1) is 7.68. The Balaban J connectivity index is 2.10. The highest BCUT2D eigenvalue weighted by Crippen LogP contribution is 2.28. The van der Waals surface area contributed by atoms with Gasteiger partial charge in [0.05, 0.1) is 18.9 Å². The molecule has 0 spiro atoms. The maximum atomic E-state index is 13.3. The summed E-state index contributed by atoms with van der Waals surface area (Å²) in [5.41, 5.74) is 5.01. The predicted octanol–water partition coefficient (Wildman–Crippen LogP) is 0.739. The third kappa shape index (κ3) is 1.79. The highest BCUT2D eigenvalue weighted by atomic mass is 19.1. The molecule has 86 valence electrons. The molecule has 0 bridgehead atoms. The number of ether oxygens (including phenoxy) is 1. The molecule has 0 radical (unpaired) electrons. The molecule has 5 heteroatoms. The highest BCUT2D eigenvalue weighted by Gasteiger charge is 2.44. The van der Waals surface area contributed by atoms with Crippen LogP contribution in [0.1, 0.15) is 0 Å². The molecule has 1 saturated heterocycles. The molecule has 3 N–H and O–H groups in total. The minimum absolute atomic E-state index is 0.173. The molecule has 1 fully saturated rings. The van der Waals surface area contributed by atoms with E-state index in [9.17, 15) is 9.18 Å². The van der Waals surface area contributed by atoms with E-state index in [4.69, 9.17) is 10.5 Å². The van der Waals surface area contributed by atoms with Crippen LogP contribution >= 0.6 is 0 Å². The molecule has 1 aliphatic rings. The predicted molar refractivity (Wildman–Crippen MR) is 57.3 cm³/mol. The van der Waals surface area contributed by atoms with E-state index in [1.54, 1.807) is 12.1 Å². The number of nitrogens with two attached hydrogens (primary N) is 1. The van der Waals surface area contributed by atoms with Crippen molar-refractivity contribution in [1.29, 1.82) is 0 Å². The lowest BCUT2D eigenvalue weighted by atomic mass is 9.85. The summed E-state index contributed by atoms with van der Waals surface area (Å²) in [7, 11) is 0. The second kappa shape index (κ2) is 4.19. The summed E-state index contributed by atoms with van der Waals surface area (Å²) in [6, 6.07) is 6.03. The van der Waals surface area contributed by atoms with Crippen molar-refractivity contribution < 1.29 is 13.9 Å². The number of nitrogens with one attached hydrogen (secondary N) is 1. The van der Waals surface area contributed by atoms with Gasteiger partial charge in [0.1, 0.15) is 11.2 Å². The highest BCUT2D eigenvalue weighted by molar-refractivity contribution is 5.96. The van der Waals surface area contributed by atoms with Gasteiger partial charge in [-0.15, -0.1) is 0 Å². The molecule has 16 heavy (non-hydrogen) atoms. The molecule has 0 saturated carbocycles. The first-order valence-electron chi connectivity index (χ1n) is 5.02. The van der Waals surface area contributed by atoms with Crippen molar-refractivity contribution in [2.45, 2.75) is 0 Å². The Morgan fingerprint density at radius 1 is 1.50 bits per heavy atom. The van der Waals surface area contributed by atoms with E-state index in [1.165, 1.54) is 12.1 Å². The maximum Gasteiger partial charge on any atom is 0.236 e. The Kier molecular flexibility index (Phi) is 2.89. The largest absolute Gasteiger partial charge is 0.379 e. The average Bonchev–Trinajstić information content (AvgIpc) is 2.21. The van der Waals surface area contributed by atoms with E-state index in [1.807, 2.05) is 0 Å². The van der Waals surface area contributed by atoms with Crippen LogP contribution in [-0.4, -0.2) is 25.7 Å². The van der Waals surface area contributed by atoms with Gasteiger partial charge in [-0.05, 0) is 12.1 Å².